The number of benzene rings is 2. The topological polar surface area (TPSA) is 101 Å². The van der Waals surface area contributed by atoms with Crippen molar-refractivity contribution < 1.29 is 0 Å². The smallest absolute Gasteiger partial charge is 0.107 e. The number of nitrogens with zero attached hydrogens (tertiary/aromatic N) is 7. The minimum Gasteiger partial charge on any atom is -0.299 e. The maximum atomic E-state index is 9.00. The van der Waals surface area contributed by atoms with Gasteiger partial charge in [0.1, 0.15) is 11.8 Å². The highest BCUT2D eigenvalue weighted by Gasteiger charge is 2.12. The molecule has 0 radical (unpaired) electrons. The molecule has 6 rings (SSSR count). The third-order valence-electron chi connectivity index (χ3n) is 5.53. The van der Waals surface area contributed by atoms with Crippen LogP contribution in [0.4, 0.5) is 0 Å². The second-order valence-electron chi connectivity index (χ2n) is 7.50. The number of nitriles is 1. The van der Waals surface area contributed by atoms with E-state index in [-0.39, 0.29) is 0 Å². The summed E-state index contributed by atoms with van der Waals surface area (Å²) in [5.41, 5.74) is 7.17. The summed E-state index contributed by atoms with van der Waals surface area (Å²) in [6.45, 7) is 0.587. The van der Waals surface area contributed by atoms with Crippen molar-refractivity contribution in [3.05, 3.63) is 90.6 Å². The van der Waals surface area contributed by atoms with Crippen molar-refractivity contribution >= 4 is 21.9 Å². The molecule has 0 saturated heterocycles. The number of nitrogens with one attached hydrogen (secondary N) is 1. The van der Waals surface area contributed by atoms with Crippen molar-refractivity contribution in [3.63, 3.8) is 0 Å². The van der Waals surface area contributed by atoms with Crippen LogP contribution in [0.25, 0.3) is 39.0 Å². The minimum atomic E-state index is 0.587. The van der Waals surface area contributed by atoms with Crippen LogP contribution in [0, 0.1) is 11.3 Å². The van der Waals surface area contributed by atoms with Crippen LogP contribution in [-0.2, 0) is 6.54 Å². The fourth-order valence-electron chi connectivity index (χ4n) is 3.87. The number of aromatic nitrogens is 7. The van der Waals surface area contributed by atoms with Gasteiger partial charge in [-0.2, -0.15) is 15.5 Å². The predicted octanol–water partition coefficient (Wildman–Crippen LogP) is 4.08. The first kappa shape index (κ1) is 18.0. The van der Waals surface area contributed by atoms with Crippen molar-refractivity contribution in [1.29, 1.82) is 5.26 Å². The summed E-state index contributed by atoms with van der Waals surface area (Å²) < 4.78 is 3.95. The van der Waals surface area contributed by atoms with Crippen LogP contribution in [-0.4, -0.2) is 34.5 Å². The summed E-state index contributed by atoms with van der Waals surface area (Å²) in [4.78, 5) is 9.15. The molecule has 1 N–H and O–H groups in total. The van der Waals surface area contributed by atoms with Crippen LogP contribution >= 0.6 is 0 Å². The van der Waals surface area contributed by atoms with Gasteiger partial charge in [0, 0.05) is 17.3 Å². The van der Waals surface area contributed by atoms with E-state index < -0.39 is 0 Å². The number of aromatic amines is 1. The molecular weight excluding hydrogens is 400 g/mol. The fraction of sp³-hybridized carbons (Fsp3) is 0.0417. The number of hydrogen-bond acceptors (Lipinski definition) is 5. The van der Waals surface area contributed by atoms with Gasteiger partial charge in [-0.05, 0) is 48.0 Å². The largest absolute Gasteiger partial charge is 0.299 e. The summed E-state index contributed by atoms with van der Waals surface area (Å²) in [6, 6.07) is 19.8. The highest BCUT2D eigenvalue weighted by Crippen LogP contribution is 2.25. The number of pyridine rings is 1. The summed E-state index contributed by atoms with van der Waals surface area (Å²) >= 11 is 0. The number of hydrogen-bond donors (Lipinski definition) is 1. The Bertz CT molecular complexity index is 1610. The zero-order valence-electron chi connectivity index (χ0n) is 16.8. The second-order valence-corrected chi connectivity index (χ2v) is 7.50. The lowest BCUT2D eigenvalue weighted by atomic mass is 10.1. The SMILES string of the molecule is N#Cc1ccc(Cn2nccc2-c2cc3c(cn2)ncn3-c2ccc3cn[nH]c3c2)cc1. The van der Waals surface area contributed by atoms with Crippen molar-refractivity contribution in [2.24, 2.45) is 0 Å². The summed E-state index contributed by atoms with van der Waals surface area (Å²) in [6.07, 6.45) is 7.17. The molecule has 0 aliphatic rings. The average molecular weight is 416 g/mol. The number of imidazole rings is 1. The van der Waals surface area contributed by atoms with Crippen LogP contribution in [0.1, 0.15) is 11.1 Å². The Kier molecular flexibility index (Phi) is 4.05. The number of H-pyrrole nitrogens is 1. The van der Waals surface area contributed by atoms with Crippen LogP contribution in [0.15, 0.2) is 79.5 Å². The molecule has 8 nitrogen and oxygen atoms in total. The predicted molar refractivity (Wildman–Crippen MR) is 120 cm³/mol. The third kappa shape index (κ3) is 3.00. The lowest BCUT2D eigenvalue weighted by Gasteiger charge is -2.09. The van der Waals surface area contributed by atoms with E-state index in [0.29, 0.717) is 12.1 Å². The Labute approximate surface area is 182 Å². The van der Waals surface area contributed by atoms with Gasteiger partial charge < -0.3 is 0 Å². The summed E-state index contributed by atoms with van der Waals surface area (Å²) in [7, 11) is 0. The first-order valence-electron chi connectivity index (χ1n) is 10.1. The Morgan fingerprint density at radius 2 is 1.88 bits per heavy atom. The molecule has 0 bridgehead atoms. The number of rotatable bonds is 4. The van der Waals surface area contributed by atoms with Gasteiger partial charge >= 0.3 is 0 Å². The molecule has 0 atom stereocenters. The van der Waals surface area contributed by atoms with Crippen LogP contribution in [0.3, 0.4) is 0 Å². The van der Waals surface area contributed by atoms with E-state index in [9.17, 15) is 0 Å². The zero-order chi connectivity index (χ0) is 21.5. The molecule has 4 aromatic heterocycles. The van der Waals surface area contributed by atoms with Crippen molar-refractivity contribution in [3.8, 4) is 23.1 Å². The first-order chi connectivity index (χ1) is 15.8. The molecule has 0 amide bonds. The van der Waals surface area contributed by atoms with E-state index >= 15 is 0 Å². The van der Waals surface area contributed by atoms with Crippen LogP contribution < -0.4 is 0 Å². The lowest BCUT2D eigenvalue weighted by molar-refractivity contribution is 0.693. The molecule has 0 aliphatic heterocycles. The molecule has 4 heterocycles. The van der Waals surface area contributed by atoms with E-state index in [1.165, 1.54) is 0 Å². The molecule has 6 aromatic rings. The van der Waals surface area contributed by atoms with Gasteiger partial charge in [-0.3, -0.25) is 19.3 Å². The van der Waals surface area contributed by atoms with Gasteiger partial charge in [0.2, 0.25) is 0 Å². The highest BCUT2D eigenvalue weighted by atomic mass is 15.3. The molecule has 152 valence electrons. The Morgan fingerprint density at radius 1 is 0.969 bits per heavy atom. The van der Waals surface area contributed by atoms with Crippen molar-refractivity contribution in [2.45, 2.75) is 6.54 Å². The van der Waals surface area contributed by atoms with Gasteiger partial charge in [0.25, 0.3) is 0 Å². The second kappa shape index (κ2) is 7.18. The van der Waals surface area contributed by atoms with Gasteiger partial charge in [0.05, 0.1) is 53.0 Å². The summed E-state index contributed by atoms with van der Waals surface area (Å²) in [5, 5.41) is 21.7. The molecule has 0 fully saturated rings. The molecule has 0 unspecified atom stereocenters. The van der Waals surface area contributed by atoms with E-state index in [0.717, 1.165) is 44.6 Å². The minimum absolute atomic E-state index is 0.587. The molecule has 8 heteroatoms. The van der Waals surface area contributed by atoms with E-state index in [1.54, 1.807) is 12.4 Å². The quantitative estimate of drug-likeness (QED) is 0.467. The Morgan fingerprint density at radius 3 is 2.75 bits per heavy atom. The lowest BCUT2D eigenvalue weighted by Crippen LogP contribution is -2.04. The van der Waals surface area contributed by atoms with Gasteiger partial charge in [-0.15, -0.1) is 0 Å². The number of fused-ring (bicyclic) bond motifs is 2. The molecule has 0 saturated carbocycles. The van der Waals surface area contributed by atoms with E-state index in [1.807, 2.05) is 70.3 Å². The maximum absolute atomic E-state index is 9.00. The van der Waals surface area contributed by atoms with E-state index in [2.05, 4.69) is 37.4 Å². The van der Waals surface area contributed by atoms with Crippen LogP contribution in [0.2, 0.25) is 0 Å². The molecule has 0 spiro atoms. The normalized spacial score (nSPS) is 11.2. The zero-order valence-corrected chi connectivity index (χ0v) is 16.8. The monoisotopic (exact) mass is 416 g/mol. The van der Waals surface area contributed by atoms with Gasteiger partial charge in [-0.1, -0.05) is 12.1 Å². The maximum Gasteiger partial charge on any atom is 0.107 e. The Balaban J connectivity index is 1.39. The standard InChI is InChI=1S/C24H16N8/c25-11-16-1-3-17(4-2-16)14-32-23(7-8-29-32)21-10-24-22(13-26-21)27-15-31(24)19-6-5-18-12-28-30-20(18)9-19/h1-10,12-13,15H,14H2,(H,28,30). The molecule has 2 aromatic carbocycles. The van der Waals surface area contributed by atoms with Gasteiger partial charge in [0.15, 0.2) is 0 Å². The first-order valence-corrected chi connectivity index (χ1v) is 10.1. The third-order valence-corrected chi connectivity index (χ3v) is 5.53. The van der Waals surface area contributed by atoms with Crippen molar-refractivity contribution in [2.75, 3.05) is 0 Å². The molecule has 0 aliphatic carbocycles. The van der Waals surface area contributed by atoms with Gasteiger partial charge in [-0.25, -0.2) is 4.98 Å². The highest BCUT2D eigenvalue weighted by molar-refractivity contribution is 5.83. The van der Waals surface area contributed by atoms with Crippen LogP contribution in [0.5, 0.6) is 0 Å². The van der Waals surface area contributed by atoms with E-state index in [4.69, 9.17) is 5.26 Å². The molecular formula is C24H16N8. The average Bonchev–Trinajstić information content (AvgIpc) is 3.58. The fourth-order valence-corrected chi connectivity index (χ4v) is 3.87. The Hall–Kier alpha value is -4.77. The molecule has 32 heavy (non-hydrogen) atoms. The summed E-state index contributed by atoms with van der Waals surface area (Å²) in [5.74, 6) is 0. The van der Waals surface area contributed by atoms with Crippen molar-refractivity contribution in [1.82, 2.24) is 34.5 Å².